The normalized spacial score (nSPS) is 10.8. The summed E-state index contributed by atoms with van der Waals surface area (Å²) >= 11 is 0. The number of carboxylic acid groups (broad SMARTS) is 2. The molecule has 0 unspecified atom stereocenters. The molecule has 0 spiro atoms. The molecule has 0 amide bonds. The second-order valence-corrected chi connectivity index (χ2v) is 14.3. The van der Waals surface area contributed by atoms with E-state index < -0.39 is 11.9 Å². The van der Waals surface area contributed by atoms with Gasteiger partial charge in [0.25, 0.3) is 0 Å². The maximum atomic E-state index is 10.3. The van der Waals surface area contributed by atoms with Crippen molar-refractivity contribution in [3.8, 4) is 0 Å². The van der Waals surface area contributed by atoms with Crippen molar-refractivity contribution < 1.29 is 19.8 Å². The molecule has 4 nitrogen and oxygen atoms in total. The van der Waals surface area contributed by atoms with Gasteiger partial charge in [-0.2, -0.15) is 0 Å². The zero-order valence-corrected chi connectivity index (χ0v) is 35.7. The van der Waals surface area contributed by atoms with Crippen molar-refractivity contribution in [3.05, 3.63) is 0 Å². The summed E-state index contributed by atoms with van der Waals surface area (Å²) < 4.78 is 0. The van der Waals surface area contributed by atoms with Crippen LogP contribution in [0.3, 0.4) is 0 Å². The van der Waals surface area contributed by atoms with Crippen LogP contribution >= 0.6 is 0 Å². The minimum Gasteiger partial charge on any atom is -0.550 e. The zero-order chi connectivity index (χ0) is 34.0. The Kier molecular flexibility index (Phi) is 53.5. The fraction of sp³-hybridized carbons (Fsp3) is 0.952. The van der Waals surface area contributed by atoms with E-state index in [1.807, 2.05) is 0 Å². The van der Waals surface area contributed by atoms with Crippen molar-refractivity contribution in [2.24, 2.45) is 0 Å². The molecule has 276 valence electrons. The predicted molar refractivity (Wildman–Crippen MR) is 203 cm³/mol. The van der Waals surface area contributed by atoms with E-state index in [-0.39, 0.29) is 58.3 Å². The van der Waals surface area contributed by atoms with E-state index in [2.05, 4.69) is 13.8 Å². The van der Waals surface area contributed by atoms with Crippen molar-refractivity contribution in [1.82, 2.24) is 0 Å². The van der Waals surface area contributed by atoms with Gasteiger partial charge in [-0.05, 0) is 25.7 Å². The van der Waals surface area contributed by atoms with Crippen LogP contribution in [0.5, 0.6) is 0 Å². The summed E-state index contributed by atoms with van der Waals surface area (Å²) in [5.74, 6) is -1.80. The number of carboxylic acids is 2. The maximum Gasteiger partial charge on any atom is 2.00 e. The molecule has 0 aliphatic rings. The maximum absolute atomic E-state index is 10.3. The summed E-state index contributed by atoms with van der Waals surface area (Å²) in [5.41, 5.74) is 0. The van der Waals surface area contributed by atoms with Gasteiger partial charge in [0.1, 0.15) is 0 Å². The average Bonchev–Trinajstić information content (AvgIpc) is 3.03. The van der Waals surface area contributed by atoms with Crippen LogP contribution in [0.4, 0.5) is 0 Å². The summed E-state index contributed by atoms with van der Waals surface area (Å²) in [7, 11) is 0. The fourth-order valence-electron chi connectivity index (χ4n) is 6.34. The molecule has 0 bridgehead atoms. The zero-order valence-electron chi connectivity index (χ0n) is 32.2. The van der Waals surface area contributed by atoms with Crippen molar-refractivity contribution >= 4 is 57.4 Å². The summed E-state index contributed by atoms with van der Waals surface area (Å²) in [6.45, 7) is 4.56. The molecule has 0 heterocycles. The van der Waals surface area contributed by atoms with Gasteiger partial charge in [-0.1, -0.05) is 232 Å². The van der Waals surface area contributed by atoms with Gasteiger partial charge >= 0.3 is 45.5 Å². The first kappa shape index (κ1) is 51.8. The summed E-state index contributed by atoms with van der Waals surface area (Å²) in [4.78, 5) is 20.5. The molecule has 0 aromatic heterocycles. The van der Waals surface area contributed by atoms with Crippen LogP contribution in [0.1, 0.15) is 258 Å². The number of aliphatic carboxylic acids is 2. The van der Waals surface area contributed by atoms with E-state index in [0.717, 1.165) is 25.7 Å². The summed E-state index contributed by atoms with van der Waals surface area (Å²) in [5, 5.41) is 20.5. The van der Waals surface area contributed by atoms with Gasteiger partial charge in [-0.15, -0.1) is 0 Å². The second kappa shape index (κ2) is 48.5. The van der Waals surface area contributed by atoms with Crippen LogP contribution in [0.15, 0.2) is 0 Å². The number of unbranched alkanes of at least 4 members (excludes halogenated alkanes) is 34. The Balaban J connectivity index is -0.000000807. The van der Waals surface area contributed by atoms with Crippen molar-refractivity contribution in [2.45, 2.75) is 258 Å². The summed E-state index contributed by atoms with van der Waals surface area (Å²) in [6.07, 6.45) is 48.5. The Morgan fingerprint density at radius 1 is 0.277 bits per heavy atom. The largest absolute Gasteiger partial charge is 2.00 e. The first-order valence-corrected chi connectivity index (χ1v) is 20.9. The topological polar surface area (TPSA) is 80.3 Å². The Hall–Kier alpha value is 0.421. The van der Waals surface area contributed by atoms with E-state index in [4.69, 9.17) is 0 Å². The monoisotopic (exact) mass is 739 g/mol. The molecule has 0 aromatic carbocycles. The van der Waals surface area contributed by atoms with Crippen LogP contribution in [-0.4, -0.2) is 57.4 Å². The van der Waals surface area contributed by atoms with Crippen molar-refractivity contribution in [1.29, 1.82) is 0 Å². The average molecular weight is 739 g/mol. The predicted octanol–water partition coefficient (Wildman–Crippen LogP) is 12.0. The quantitative estimate of drug-likeness (QED) is 0.0467. The Labute approximate surface area is 332 Å². The second-order valence-electron chi connectivity index (χ2n) is 14.3. The smallest absolute Gasteiger partial charge is 0.550 e. The van der Waals surface area contributed by atoms with Gasteiger partial charge < -0.3 is 19.8 Å². The first-order chi connectivity index (χ1) is 22.5. The molecular weight excluding hydrogens is 656 g/mol. The molecule has 0 aliphatic carbocycles. The van der Waals surface area contributed by atoms with E-state index in [0.29, 0.717) is 0 Å². The summed E-state index contributed by atoms with van der Waals surface area (Å²) in [6, 6.07) is 0. The Bertz CT molecular complexity index is 533. The van der Waals surface area contributed by atoms with E-state index in [1.165, 1.54) is 205 Å². The van der Waals surface area contributed by atoms with Gasteiger partial charge in [0, 0.05) is 11.9 Å². The molecule has 0 aliphatic heterocycles. The number of hydrogen-bond donors (Lipinski definition) is 0. The molecule has 0 fully saturated rings. The van der Waals surface area contributed by atoms with Gasteiger partial charge in [-0.25, -0.2) is 0 Å². The third-order valence-corrected chi connectivity index (χ3v) is 9.47. The van der Waals surface area contributed by atoms with Crippen LogP contribution < -0.4 is 10.2 Å². The van der Waals surface area contributed by atoms with Crippen LogP contribution in [0, 0.1) is 0 Å². The molecule has 0 saturated heterocycles. The Morgan fingerprint density at radius 3 is 0.532 bits per heavy atom. The van der Waals surface area contributed by atoms with Gasteiger partial charge in [-0.3, -0.25) is 0 Å². The van der Waals surface area contributed by atoms with Gasteiger partial charge in [0.2, 0.25) is 0 Å². The Morgan fingerprint density at radius 2 is 0.404 bits per heavy atom. The molecule has 5 heteroatoms. The minimum atomic E-state index is -0.901. The number of carbonyl (C=O) groups is 2. The minimum absolute atomic E-state index is 0. The molecule has 0 saturated carbocycles. The number of rotatable bonds is 38. The molecular formula is C42H82O4Sr. The van der Waals surface area contributed by atoms with E-state index in [1.54, 1.807) is 0 Å². The molecule has 0 aromatic rings. The van der Waals surface area contributed by atoms with Crippen molar-refractivity contribution in [3.63, 3.8) is 0 Å². The third-order valence-electron chi connectivity index (χ3n) is 9.47. The van der Waals surface area contributed by atoms with E-state index >= 15 is 0 Å². The molecule has 0 radical (unpaired) electrons. The van der Waals surface area contributed by atoms with Gasteiger partial charge in [0.05, 0.1) is 0 Å². The fourth-order valence-corrected chi connectivity index (χ4v) is 6.34. The molecule has 0 atom stereocenters. The van der Waals surface area contributed by atoms with Crippen LogP contribution in [0.25, 0.3) is 0 Å². The van der Waals surface area contributed by atoms with E-state index in [9.17, 15) is 19.8 Å². The first-order valence-electron chi connectivity index (χ1n) is 20.9. The van der Waals surface area contributed by atoms with Crippen LogP contribution in [-0.2, 0) is 9.59 Å². The third kappa shape index (κ3) is 56.1. The van der Waals surface area contributed by atoms with Crippen LogP contribution in [0.2, 0.25) is 0 Å². The molecule has 47 heavy (non-hydrogen) atoms. The standard InChI is InChI=1S/2C21H42O2.Sr/c2*1-2-3-4-5-6-7-8-9-10-11-12-13-14-15-16-17-18-19-20-21(22)23;/h2*2-20H2,1H3,(H,22,23);/q;;+2/p-2. The molecule has 0 N–H and O–H groups in total. The number of carbonyl (C=O) groups excluding carboxylic acids is 2. The number of hydrogen-bond acceptors (Lipinski definition) is 4. The van der Waals surface area contributed by atoms with Gasteiger partial charge in [0.15, 0.2) is 0 Å². The SMILES string of the molecule is CCCCCCCCCCCCCCCCCCCCC(=O)[O-].CCCCCCCCCCCCCCCCCCCCC(=O)[O-].[Sr+2]. The van der Waals surface area contributed by atoms with Crippen molar-refractivity contribution in [2.75, 3.05) is 0 Å². The molecule has 0 rings (SSSR count).